The SMILES string of the molecule is C.C=C=S.CO.CO.N=C(CCl)c1ncccc1F.N=C(N)c1ncccc1F.Nc1nc(-c2ncccc2F)ns1. The number of thiocarbonyl (C=S) groups is 1. The third-order valence-corrected chi connectivity index (χ3v) is 4.41. The lowest BCUT2D eigenvalue weighted by atomic mass is 10.2. The minimum Gasteiger partial charge on any atom is -0.400 e. The molecule has 0 spiro atoms. The molecule has 0 atom stereocenters. The summed E-state index contributed by atoms with van der Waals surface area (Å²) in [6.07, 6.45) is 4.30. The quantitative estimate of drug-likeness (QED) is 0.0804. The molecule has 4 aromatic rings. The highest BCUT2D eigenvalue weighted by atomic mass is 35.5. The lowest BCUT2D eigenvalue weighted by molar-refractivity contribution is 0.399. The van der Waals surface area contributed by atoms with Gasteiger partial charge >= 0.3 is 0 Å². The Morgan fingerprint density at radius 3 is 1.71 bits per heavy atom. The number of pyridine rings is 3. The highest BCUT2D eigenvalue weighted by Crippen LogP contribution is 2.19. The first-order valence-corrected chi connectivity index (χ1v) is 12.3. The first kappa shape index (κ1) is 42.3. The minimum absolute atomic E-state index is 0. The van der Waals surface area contributed by atoms with E-state index in [2.05, 4.69) is 48.1 Å². The minimum atomic E-state index is -0.560. The Labute approximate surface area is 256 Å². The summed E-state index contributed by atoms with van der Waals surface area (Å²) in [5.41, 5.74) is 10.4. The van der Waals surface area contributed by atoms with E-state index in [4.69, 9.17) is 44.1 Å². The van der Waals surface area contributed by atoms with Crippen LogP contribution in [0.15, 0.2) is 61.6 Å². The van der Waals surface area contributed by atoms with Gasteiger partial charge in [0.2, 0.25) is 0 Å². The van der Waals surface area contributed by atoms with Crippen molar-refractivity contribution in [2.24, 2.45) is 5.73 Å². The number of aliphatic hydroxyl groups is 2. The molecule has 8 N–H and O–H groups in total. The Hall–Kier alpha value is -4.18. The van der Waals surface area contributed by atoms with Crippen molar-refractivity contribution in [3.05, 3.63) is 90.4 Å². The molecule has 11 nitrogen and oxygen atoms in total. The molecule has 42 heavy (non-hydrogen) atoms. The molecule has 0 fully saturated rings. The Morgan fingerprint density at radius 2 is 1.38 bits per heavy atom. The van der Waals surface area contributed by atoms with E-state index in [9.17, 15) is 13.2 Å². The van der Waals surface area contributed by atoms with Crippen molar-refractivity contribution >= 4 is 57.1 Å². The van der Waals surface area contributed by atoms with E-state index >= 15 is 0 Å². The third kappa shape index (κ3) is 16.2. The van der Waals surface area contributed by atoms with E-state index in [1.54, 1.807) is 0 Å². The molecule has 0 radical (unpaired) electrons. The van der Waals surface area contributed by atoms with E-state index in [-0.39, 0.29) is 47.8 Å². The van der Waals surface area contributed by atoms with Crippen LogP contribution < -0.4 is 11.5 Å². The summed E-state index contributed by atoms with van der Waals surface area (Å²) in [5, 5.41) is 30.4. The highest BCUT2D eigenvalue weighted by molar-refractivity contribution is 7.78. The molecule has 0 amide bonds. The van der Waals surface area contributed by atoms with E-state index in [1.165, 1.54) is 55.0 Å². The van der Waals surface area contributed by atoms with Gasteiger partial charge in [-0.3, -0.25) is 10.4 Å². The number of hydrogen-bond acceptors (Lipinski definition) is 12. The smallest absolute Gasteiger partial charge is 0.200 e. The number of nitrogens with one attached hydrogen (secondary N) is 2. The van der Waals surface area contributed by atoms with Crippen LogP contribution in [0.3, 0.4) is 0 Å². The van der Waals surface area contributed by atoms with Crippen molar-refractivity contribution in [2.75, 3.05) is 25.8 Å². The van der Waals surface area contributed by atoms with Crippen LogP contribution >= 0.6 is 35.4 Å². The predicted octanol–water partition coefficient (Wildman–Crippen LogP) is 4.28. The summed E-state index contributed by atoms with van der Waals surface area (Å²) >= 11 is 10.4. The summed E-state index contributed by atoms with van der Waals surface area (Å²) in [4.78, 5) is 14.9. The van der Waals surface area contributed by atoms with Crippen LogP contribution in [0.2, 0.25) is 0 Å². The van der Waals surface area contributed by atoms with Gasteiger partial charge in [-0.2, -0.15) is 9.36 Å². The second-order valence-electron chi connectivity index (χ2n) is 6.13. The van der Waals surface area contributed by atoms with Gasteiger partial charge in [0.25, 0.3) is 0 Å². The second kappa shape index (κ2) is 25.8. The molecule has 228 valence electrons. The number of nitrogens with two attached hydrogens (primary N) is 2. The molecule has 0 unspecified atom stereocenters. The summed E-state index contributed by atoms with van der Waals surface area (Å²) in [6.45, 7) is 3.05. The number of halogens is 4. The van der Waals surface area contributed by atoms with Crippen molar-refractivity contribution < 1.29 is 23.4 Å². The van der Waals surface area contributed by atoms with Crippen molar-refractivity contribution in [1.82, 2.24) is 24.3 Å². The topological polar surface area (TPSA) is 205 Å². The summed E-state index contributed by atoms with van der Waals surface area (Å²) < 4.78 is 42.3. The monoisotopic (exact) mass is 645 g/mol. The standard InChI is InChI=1S/C7H6ClFN2.C7H5FN4S.C6H6FN3.C2H2S.2CH4O.CH4/c8-4-6(10)7-5(9)2-1-3-11-7;8-4-2-1-3-10-5(4)6-11-7(9)13-12-6;7-4-2-1-3-10-5(4)6(8)9;1-2-3;2*1-2;/h1-3,10H,4H2;1-3H,(H2,9,11,12);1-3H,(H3,8,9);1H2;2*2H,1H3;1H4. The first-order valence-electron chi connectivity index (χ1n) is 10.6. The van der Waals surface area contributed by atoms with Crippen LogP contribution in [0.25, 0.3) is 11.5 Å². The fourth-order valence-electron chi connectivity index (χ4n) is 2.14. The van der Waals surface area contributed by atoms with Crippen molar-refractivity contribution in [1.29, 1.82) is 10.8 Å². The molecule has 4 heterocycles. The van der Waals surface area contributed by atoms with Crippen molar-refractivity contribution in [3.63, 3.8) is 0 Å². The molecule has 0 aliphatic carbocycles. The summed E-state index contributed by atoms with van der Waals surface area (Å²) in [7, 11) is 2.00. The first-order chi connectivity index (χ1) is 19.7. The molecule has 0 aliphatic heterocycles. The molecule has 4 rings (SSSR count). The van der Waals surface area contributed by atoms with E-state index in [0.717, 1.165) is 25.8 Å². The number of alkyl halides is 1. The highest BCUT2D eigenvalue weighted by Gasteiger charge is 2.10. The van der Waals surface area contributed by atoms with Crippen LogP contribution in [0, 0.1) is 28.3 Å². The van der Waals surface area contributed by atoms with E-state index in [1.807, 2.05) is 0 Å². The van der Waals surface area contributed by atoms with Gasteiger partial charge in [0.15, 0.2) is 28.4 Å². The molecule has 4 aromatic heterocycles. The van der Waals surface area contributed by atoms with E-state index in [0.29, 0.717) is 5.13 Å². The summed E-state index contributed by atoms with van der Waals surface area (Å²) in [6, 6.07) is 8.20. The summed E-state index contributed by atoms with van der Waals surface area (Å²) in [5.74, 6) is -1.64. The number of nitrogens with zero attached hydrogens (tertiary/aromatic N) is 5. The second-order valence-corrected chi connectivity index (χ2v) is 7.47. The number of nitrogen functional groups attached to an aromatic ring is 2. The zero-order valence-electron chi connectivity index (χ0n) is 21.7. The number of hydrogen-bond donors (Lipinski definition) is 6. The van der Waals surface area contributed by atoms with Gasteiger partial charge in [-0.1, -0.05) is 12.4 Å². The van der Waals surface area contributed by atoms with Crippen LogP contribution in [0.4, 0.5) is 18.3 Å². The third-order valence-electron chi connectivity index (χ3n) is 3.60. The van der Waals surface area contributed by atoms with Gasteiger partial charge in [-0.05, 0) is 55.2 Å². The maximum absolute atomic E-state index is 13.1. The molecular formula is C25H31ClF3N9O2S2. The van der Waals surface area contributed by atoms with Crippen LogP contribution in [0.1, 0.15) is 18.8 Å². The Bertz CT molecular complexity index is 1380. The van der Waals surface area contributed by atoms with Gasteiger partial charge in [-0.15, -0.1) is 11.6 Å². The Kier molecular flexibility index (Phi) is 25.9. The molecular weight excluding hydrogens is 615 g/mol. The molecule has 0 saturated carbocycles. The fraction of sp³-hybridized carbons (Fsp3) is 0.160. The molecule has 0 saturated heterocycles. The number of anilines is 1. The fourth-order valence-corrected chi connectivity index (χ4v) is 2.70. The van der Waals surface area contributed by atoms with Crippen molar-refractivity contribution in [2.45, 2.75) is 7.43 Å². The number of rotatable bonds is 4. The van der Waals surface area contributed by atoms with E-state index < -0.39 is 17.5 Å². The maximum atomic E-state index is 13.1. The van der Waals surface area contributed by atoms with Crippen LogP contribution in [-0.4, -0.2) is 71.2 Å². The van der Waals surface area contributed by atoms with Gasteiger partial charge in [-0.25, -0.2) is 23.1 Å². The van der Waals surface area contributed by atoms with Crippen LogP contribution in [0.5, 0.6) is 0 Å². The predicted molar refractivity (Wildman–Crippen MR) is 166 cm³/mol. The van der Waals surface area contributed by atoms with Crippen molar-refractivity contribution in [3.8, 4) is 11.5 Å². The Balaban J connectivity index is -0.000000488. The van der Waals surface area contributed by atoms with Gasteiger partial charge in [0.1, 0.15) is 22.9 Å². The average Bonchev–Trinajstić information content (AvgIpc) is 3.42. The lowest BCUT2D eigenvalue weighted by Crippen LogP contribution is -2.14. The lowest BCUT2D eigenvalue weighted by Gasteiger charge is -1.98. The number of amidine groups is 1. The Morgan fingerprint density at radius 1 is 0.952 bits per heavy atom. The maximum Gasteiger partial charge on any atom is 0.200 e. The molecule has 17 heteroatoms. The van der Waals surface area contributed by atoms with Gasteiger partial charge < -0.3 is 27.1 Å². The number of aromatic nitrogens is 5. The number of aliphatic hydroxyl groups excluding tert-OH is 2. The van der Waals surface area contributed by atoms with Gasteiger partial charge in [0.05, 0.1) is 11.6 Å². The molecule has 0 aromatic carbocycles. The normalized spacial score (nSPS) is 8.38. The van der Waals surface area contributed by atoms with Gasteiger partial charge in [0, 0.05) is 44.3 Å². The zero-order valence-corrected chi connectivity index (χ0v) is 24.1. The molecule has 0 bridgehead atoms. The van der Waals surface area contributed by atoms with Crippen LogP contribution in [-0.2, 0) is 0 Å². The zero-order chi connectivity index (χ0) is 31.8. The average molecular weight is 646 g/mol. The largest absolute Gasteiger partial charge is 0.400 e. The molecule has 0 aliphatic rings.